The van der Waals surface area contributed by atoms with Crippen LogP contribution in [0.1, 0.15) is 19.8 Å². The molecule has 0 aromatic carbocycles. The Morgan fingerprint density at radius 2 is 2.42 bits per heavy atom. The van der Waals surface area contributed by atoms with E-state index in [9.17, 15) is 4.79 Å². The fraction of sp³-hybridized carbons (Fsp3) is 0.875. The number of rotatable bonds is 1. The fourth-order valence-electron chi connectivity index (χ4n) is 1.28. The lowest BCUT2D eigenvalue weighted by Crippen LogP contribution is -2.48. The number of methoxy groups -OCH3 is 1. The molecule has 2 N–H and O–H groups in total. The number of carbonyl (C=O) groups is 1. The van der Waals surface area contributed by atoms with Gasteiger partial charge in [-0.1, -0.05) is 0 Å². The lowest BCUT2D eigenvalue weighted by atomic mass is 9.94. The highest BCUT2D eigenvalue weighted by Gasteiger charge is 2.38. The highest BCUT2D eigenvalue weighted by atomic mass is 16.6. The summed E-state index contributed by atoms with van der Waals surface area (Å²) >= 11 is 0. The van der Waals surface area contributed by atoms with Crippen molar-refractivity contribution >= 4 is 5.97 Å². The van der Waals surface area contributed by atoms with Gasteiger partial charge >= 0.3 is 5.97 Å². The molecule has 0 aromatic heterocycles. The van der Waals surface area contributed by atoms with Gasteiger partial charge in [0.15, 0.2) is 5.60 Å². The van der Waals surface area contributed by atoms with E-state index in [2.05, 4.69) is 4.74 Å². The Kier molecular flexibility index (Phi) is 2.69. The van der Waals surface area contributed by atoms with Crippen LogP contribution in [0.25, 0.3) is 0 Å². The third-order valence-corrected chi connectivity index (χ3v) is 2.23. The minimum Gasteiger partial charge on any atom is -0.467 e. The minimum absolute atomic E-state index is 0.0581. The van der Waals surface area contributed by atoms with E-state index in [0.717, 1.165) is 6.42 Å². The number of hydrogen-bond donors (Lipinski definition) is 1. The van der Waals surface area contributed by atoms with Gasteiger partial charge < -0.3 is 15.2 Å². The lowest BCUT2D eigenvalue weighted by molar-refractivity contribution is -0.173. The molecule has 2 atom stereocenters. The van der Waals surface area contributed by atoms with E-state index in [1.165, 1.54) is 7.11 Å². The average molecular weight is 173 g/mol. The maximum atomic E-state index is 11.2. The van der Waals surface area contributed by atoms with Gasteiger partial charge in [-0.15, -0.1) is 0 Å². The Morgan fingerprint density at radius 1 is 1.75 bits per heavy atom. The van der Waals surface area contributed by atoms with Crippen LogP contribution >= 0.6 is 0 Å². The van der Waals surface area contributed by atoms with E-state index >= 15 is 0 Å². The summed E-state index contributed by atoms with van der Waals surface area (Å²) < 4.78 is 9.95. The molecule has 1 heterocycles. The van der Waals surface area contributed by atoms with Crippen LogP contribution in [-0.4, -0.2) is 31.3 Å². The second-order valence-electron chi connectivity index (χ2n) is 3.33. The zero-order chi connectivity index (χ0) is 9.19. The highest BCUT2D eigenvalue weighted by Crippen LogP contribution is 2.24. The average Bonchev–Trinajstić information content (AvgIpc) is 2.09. The van der Waals surface area contributed by atoms with E-state index in [4.69, 9.17) is 10.5 Å². The number of nitrogens with two attached hydrogens (primary N) is 1. The van der Waals surface area contributed by atoms with E-state index in [0.29, 0.717) is 13.0 Å². The van der Waals surface area contributed by atoms with Crippen molar-refractivity contribution in [3.63, 3.8) is 0 Å². The molecule has 1 aliphatic heterocycles. The van der Waals surface area contributed by atoms with E-state index in [-0.39, 0.29) is 12.0 Å². The van der Waals surface area contributed by atoms with Crippen molar-refractivity contribution in [3.05, 3.63) is 0 Å². The molecule has 0 spiro atoms. The number of ether oxygens (including phenoxy) is 2. The smallest absolute Gasteiger partial charge is 0.337 e. The molecular weight excluding hydrogens is 158 g/mol. The summed E-state index contributed by atoms with van der Waals surface area (Å²) in [6.45, 7) is 2.18. The van der Waals surface area contributed by atoms with Crippen molar-refractivity contribution in [1.82, 2.24) is 0 Å². The Balaban J connectivity index is 2.55. The van der Waals surface area contributed by atoms with Crippen LogP contribution in [0.2, 0.25) is 0 Å². The second kappa shape index (κ2) is 3.41. The molecule has 1 saturated heterocycles. The summed E-state index contributed by atoms with van der Waals surface area (Å²) in [4.78, 5) is 11.2. The molecule has 1 unspecified atom stereocenters. The topological polar surface area (TPSA) is 61.5 Å². The van der Waals surface area contributed by atoms with Gasteiger partial charge in [0.25, 0.3) is 0 Å². The van der Waals surface area contributed by atoms with Crippen LogP contribution in [0.4, 0.5) is 0 Å². The quantitative estimate of drug-likeness (QED) is 0.569. The van der Waals surface area contributed by atoms with Crippen LogP contribution in [0.5, 0.6) is 0 Å². The number of hydrogen-bond acceptors (Lipinski definition) is 4. The van der Waals surface area contributed by atoms with Crippen LogP contribution in [-0.2, 0) is 14.3 Å². The maximum absolute atomic E-state index is 11.2. The molecule has 0 amide bonds. The summed E-state index contributed by atoms with van der Waals surface area (Å²) in [5.41, 5.74) is 4.85. The first-order valence-corrected chi connectivity index (χ1v) is 4.06. The summed E-state index contributed by atoms with van der Waals surface area (Å²) in [7, 11) is 1.37. The number of esters is 1. The number of carbonyl (C=O) groups excluding carboxylic acids is 1. The predicted molar refractivity (Wildman–Crippen MR) is 43.6 cm³/mol. The van der Waals surface area contributed by atoms with Crippen molar-refractivity contribution in [2.24, 2.45) is 5.73 Å². The van der Waals surface area contributed by atoms with Crippen molar-refractivity contribution in [3.8, 4) is 0 Å². The van der Waals surface area contributed by atoms with Gasteiger partial charge in [-0.2, -0.15) is 0 Å². The zero-order valence-corrected chi connectivity index (χ0v) is 7.50. The molecule has 4 nitrogen and oxygen atoms in total. The Hall–Kier alpha value is -0.610. The Bertz CT molecular complexity index is 173. The van der Waals surface area contributed by atoms with Gasteiger partial charge in [0.2, 0.25) is 0 Å². The minimum atomic E-state index is -0.773. The highest BCUT2D eigenvalue weighted by molar-refractivity contribution is 5.79. The van der Waals surface area contributed by atoms with Crippen LogP contribution in [0, 0.1) is 0 Å². The van der Waals surface area contributed by atoms with E-state index in [1.54, 1.807) is 6.92 Å². The molecule has 1 aliphatic rings. The van der Waals surface area contributed by atoms with Crippen molar-refractivity contribution in [2.45, 2.75) is 31.4 Å². The maximum Gasteiger partial charge on any atom is 0.337 e. The normalized spacial score (nSPS) is 36.1. The molecule has 0 radical (unpaired) electrons. The van der Waals surface area contributed by atoms with Gasteiger partial charge in [-0.05, 0) is 19.8 Å². The predicted octanol–water partition coefficient (Wildman–Crippen LogP) is 0.0558. The molecular formula is C8H15NO3. The van der Waals surface area contributed by atoms with Crippen LogP contribution in [0.15, 0.2) is 0 Å². The molecule has 4 heteroatoms. The molecule has 0 aromatic rings. The van der Waals surface area contributed by atoms with Crippen LogP contribution in [0.3, 0.4) is 0 Å². The molecule has 1 fully saturated rings. The first-order chi connectivity index (χ1) is 5.58. The SMILES string of the molecule is COC(=O)C1(C)CC[C@@H](N)CO1. The first-order valence-electron chi connectivity index (χ1n) is 4.06. The van der Waals surface area contributed by atoms with Crippen molar-refractivity contribution < 1.29 is 14.3 Å². The Labute approximate surface area is 72.0 Å². The molecule has 12 heavy (non-hydrogen) atoms. The molecule has 70 valence electrons. The van der Waals surface area contributed by atoms with E-state index < -0.39 is 5.60 Å². The van der Waals surface area contributed by atoms with Crippen molar-refractivity contribution in [1.29, 1.82) is 0 Å². The van der Waals surface area contributed by atoms with Gasteiger partial charge in [-0.25, -0.2) is 4.79 Å². The van der Waals surface area contributed by atoms with Crippen LogP contribution < -0.4 is 5.73 Å². The van der Waals surface area contributed by atoms with Gasteiger partial charge in [0, 0.05) is 6.04 Å². The summed E-state index contributed by atoms with van der Waals surface area (Å²) in [5, 5.41) is 0. The lowest BCUT2D eigenvalue weighted by Gasteiger charge is -2.33. The first kappa shape index (κ1) is 9.48. The largest absolute Gasteiger partial charge is 0.467 e. The summed E-state index contributed by atoms with van der Waals surface area (Å²) in [6, 6.07) is 0.0581. The Morgan fingerprint density at radius 3 is 2.83 bits per heavy atom. The van der Waals surface area contributed by atoms with Crippen molar-refractivity contribution in [2.75, 3.05) is 13.7 Å². The van der Waals surface area contributed by atoms with Gasteiger partial charge in [0.1, 0.15) is 0 Å². The summed E-state index contributed by atoms with van der Waals surface area (Å²) in [5.74, 6) is -0.311. The third kappa shape index (κ3) is 1.76. The standard InChI is InChI=1S/C8H15NO3/c1-8(7(10)11-2)4-3-6(9)5-12-8/h6H,3-5,9H2,1-2H3/t6-,8?/m1/s1. The monoisotopic (exact) mass is 173 g/mol. The third-order valence-electron chi connectivity index (χ3n) is 2.23. The molecule has 1 rings (SSSR count). The zero-order valence-electron chi connectivity index (χ0n) is 7.50. The second-order valence-corrected chi connectivity index (χ2v) is 3.33. The molecule has 0 aliphatic carbocycles. The van der Waals surface area contributed by atoms with Gasteiger partial charge in [-0.3, -0.25) is 0 Å². The molecule has 0 bridgehead atoms. The van der Waals surface area contributed by atoms with E-state index in [1.807, 2.05) is 0 Å². The molecule has 0 saturated carbocycles. The van der Waals surface area contributed by atoms with Gasteiger partial charge in [0.05, 0.1) is 13.7 Å². The fourth-order valence-corrected chi connectivity index (χ4v) is 1.28. The summed E-state index contributed by atoms with van der Waals surface area (Å²) in [6.07, 6.45) is 1.45.